The number of likely N-dealkylation sites (tertiary alicyclic amines) is 1. The predicted molar refractivity (Wildman–Crippen MR) is 163 cm³/mol. The maximum atomic E-state index is 12.4. The van der Waals surface area contributed by atoms with E-state index in [0.717, 1.165) is 70.7 Å². The number of piperidine rings is 1. The van der Waals surface area contributed by atoms with Gasteiger partial charge in [-0.2, -0.15) is 0 Å². The summed E-state index contributed by atoms with van der Waals surface area (Å²) in [7, 11) is 1.65. The average molecular weight is 556 g/mol. The van der Waals surface area contributed by atoms with Gasteiger partial charge < -0.3 is 24.4 Å². The second-order valence-corrected chi connectivity index (χ2v) is 12.6. The fourth-order valence-corrected chi connectivity index (χ4v) is 8.02. The molecule has 3 aliphatic rings. The molecule has 218 valence electrons. The molecule has 3 heterocycles. The van der Waals surface area contributed by atoms with Crippen LogP contribution >= 0.6 is 0 Å². The molecule has 3 fully saturated rings. The van der Waals surface area contributed by atoms with Crippen molar-refractivity contribution in [1.29, 1.82) is 0 Å². The lowest BCUT2D eigenvalue weighted by atomic mass is 9.58. The van der Waals surface area contributed by atoms with E-state index in [1.807, 2.05) is 12.5 Å². The normalized spacial score (nSPS) is 23.6. The van der Waals surface area contributed by atoms with Gasteiger partial charge in [-0.15, -0.1) is 0 Å². The Hall–Kier alpha value is -3.32. The van der Waals surface area contributed by atoms with Crippen molar-refractivity contribution in [3.8, 4) is 0 Å². The molecule has 1 unspecified atom stereocenters. The van der Waals surface area contributed by atoms with E-state index in [1.165, 1.54) is 23.4 Å². The van der Waals surface area contributed by atoms with Gasteiger partial charge >= 0.3 is 6.09 Å². The summed E-state index contributed by atoms with van der Waals surface area (Å²) in [6.45, 7) is 8.73. The number of nitrogens with one attached hydrogen (secondary N) is 1. The third kappa shape index (κ3) is 5.87. The minimum Gasteiger partial charge on any atom is -0.446 e. The molecule has 2 aliphatic heterocycles. The number of rotatable bonds is 9. The molecule has 6 rings (SSSR count). The smallest absolute Gasteiger partial charge is 0.407 e. The number of benzene rings is 2. The Morgan fingerprint density at radius 3 is 2.46 bits per heavy atom. The fourth-order valence-electron chi connectivity index (χ4n) is 8.02. The Labute approximate surface area is 244 Å². The van der Waals surface area contributed by atoms with Gasteiger partial charge in [0, 0.05) is 68.6 Å². The number of imidazole rings is 1. The van der Waals surface area contributed by atoms with Gasteiger partial charge in [0.1, 0.15) is 6.10 Å². The molecule has 3 aromatic rings. The van der Waals surface area contributed by atoms with E-state index in [4.69, 9.17) is 4.74 Å². The van der Waals surface area contributed by atoms with Crippen LogP contribution in [0.2, 0.25) is 0 Å². The minimum atomic E-state index is -0.318. The molecule has 3 atom stereocenters. The van der Waals surface area contributed by atoms with Crippen LogP contribution in [-0.2, 0) is 16.7 Å². The van der Waals surface area contributed by atoms with E-state index < -0.39 is 0 Å². The molecule has 1 saturated carbocycles. The summed E-state index contributed by atoms with van der Waals surface area (Å²) in [4.78, 5) is 22.0. The van der Waals surface area contributed by atoms with Crippen molar-refractivity contribution < 1.29 is 9.53 Å². The predicted octanol–water partition coefficient (Wildman–Crippen LogP) is 5.50. The van der Waals surface area contributed by atoms with Gasteiger partial charge in [-0.25, -0.2) is 9.78 Å². The van der Waals surface area contributed by atoms with Crippen LogP contribution < -0.4 is 10.2 Å². The lowest BCUT2D eigenvalue weighted by Crippen LogP contribution is -2.55. The number of ether oxygens (including phenoxy) is 1. The summed E-state index contributed by atoms with van der Waals surface area (Å²) in [6, 6.07) is 20.0. The highest BCUT2D eigenvalue weighted by molar-refractivity contribution is 5.67. The number of alkyl carbamates (subject to hydrolysis) is 1. The van der Waals surface area contributed by atoms with Gasteiger partial charge in [0.2, 0.25) is 0 Å². The SMILES string of the molecule is CNC(=O)O[C@H]1CCC[C@@H]1C(Cn1ccnc1)(c1ccccc1)C1CCN(CC2CN(c3ccc(C)cc3)C2)CC1. The zero-order chi connectivity index (χ0) is 28.2. The highest BCUT2D eigenvalue weighted by Gasteiger charge is 2.53. The zero-order valence-corrected chi connectivity index (χ0v) is 24.6. The van der Waals surface area contributed by atoms with E-state index in [9.17, 15) is 4.79 Å². The van der Waals surface area contributed by atoms with Crippen molar-refractivity contribution in [2.45, 2.75) is 57.1 Å². The maximum absolute atomic E-state index is 12.4. The molecule has 1 aliphatic carbocycles. The molecule has 41 heavy (non-hydrogen) atoms. The van der Waals surface area contributed by atoms with Crippen LogP contribution in [0, 0.1) is 24.7 Å². The average Bonchev–Trinajstić information content (AvgIpc) is 3.67. The molecular formula is C34H45N5O2. The number of aromatic nitrogens is 2. The first-order chi connectivity index (χ1) is 20.0. The van der Waals surface area contributed by atoms with Crippen LogP contribution in [0.3, 0.4) is 0 Å². The van der Waals surface area contributed by atoms with Gasteiger partial charge in [0.15, 0.2) is 0 Å². The molecule has 7 heteroatoms. The van der Waals surface area contributed by atoms with Crippen molar-refractivity contribution in [1.82, 2.24) is 19.8 Å². The minimum absolute atomic E-state index is 0.0839. The van der Waals surface area contributed by atoms with Crippen LogP contribution in [0.5, 0.6) is 0 Å². The van der Waals surface area contributed by atoms with Crippen LogP contribution in [-0.4, -0.2) is 66.4 Å². The van der Waals surface area contributed by atoms with E-state index in [2.05, 4.69) is 92.4 Å². The molecule has 0 spiro atoms. The Bertz CT molecular complexity index is 1250. The molecule has 1 amide bonds. The van der Waals surface area contributed by atoms with Crippen LogP contribution in [0.4, 0.5) is 10.5 Å². The topological polar surface area (TPSA) is 62.6 Å². The molecule has 2 aromatic carbocycles. The number of hydrogen-bond donors (Lipinski definition) is 1. The first kappa shape index (κ1) is 27.8. The lowest BCUT2D eigenvalue weighted by molar-refractivity contribution is 0.00204. The summed E-state index contributed by atoms with van der Waals surface area (Å²) in [6.07, 6.45) is 10.9. The first-order valence-electron chi connectivity index (χ1n) is 15.5. The van der Waals surface area contributed by atoms with Crippen molar-refractivity contribution in [2.75, 3.05) is 44.7 Å². The second kappa shape index (κ2) is 12.3. The van der Waals surface area contributed by atoms with Gasteiger partial charge in [-0.05, 0) is 75.7 Å². The molecule has 1 N–H and O–H groups in total. The molecular weight excluding hydrogens is 510 g/mol. The quantitative estimate of drug-likeness (QED) is 0.378. The van der Waals surface area contributed by atoms with E-state index in [0.29, 0.717) is 5.92 Å². The van der Waals surface area contributed by atoms with E-state index in [-0.39, 0.29) is 23.5 Å². The van der Waals surface area contributed by atoms with Crippen LogP contribution in [0.15, 0.2) is 73.3 Å². The third-order valence-electron chi connectivity index (χ3n) is 10.1. The zero-order valence-electron chi connectivity index (χ0n) is 24.6. The number of aryl methyl sites for hydroxylation is 1. The summed E-state index contributed by atoms with van der Waals surface area (Å²) in [5.74, 6) is 1.49. The Kier molecular flexibility index (Phi) is 8.33. The van der Waals surface area contributed by atoms with Gasteiger partial charge in [0.05, 0.1) is 6.33 Å². The third-order valence-corrected chi connectivity index (χ3v) is 10.1. The molecule has 0 bridgehead atoms. The molecule has 1 aromatic heterocycles. The van der Waals surface area contributed by atoms with Crippen molar-refractivity contribution in [3.05, 3.63) is 84.4 Å². The largest absolute Gasteiger partial charge is 0.446 e. The Balaban J connectivity index is 1.20. The second-order valence-electron chi connectivity index (χ2n) is 12.6. The number of nitrogens with zero attached hydrogens (tertiary/aromatic N) is 4. The first-order valence-corrected chi connectivity index (χ1v) is 15.5. The van der Waals surface area contributed by atoms with Gasteiger partial charge in [0.25, 0.3) is 0 Å². The summed E-state index contributed by atoms with van der Waals surface area (Å²) >= 11 is 0. The van der Waals surface area contributed by atoms with Gasteiger partial charge in [-0.3, -0.25) is 0 Å². The fraction of sp³-hybridized carbons (Fsp3) is 0.529. The summed E-state index contributed by atoms with van der Waals surface area (Å²) in [5, 5.41) is 2.69. The highest BCUT2D eigenvalue weighted by Crippen LogP contribution is 2.52. The molecule has 0 radical (unpaired) electrons. The number of carbonyl (C=O) groups excluding carboxylic acids is 1. The van der Waals surface area contributed by atoms with Crippen LogP contribution in [0.1, 0.15) is 43.2 Å². The lowest BCUT2D eigenvalue weighted by Gasteiger charge is -2.51. The van der Waals surface area contributed by atoms with Crippen LogP contribution in [0.25, 0.3) is 0 Å². The standard InChI is InChI=1S/C34H45N5O2/c1-26-11-13-30(14-12-26)39-22-27(23-39)21-37-18-15-29(16-19-37)34(24-38-20-17-36-25-38,28-7-4-3-5-8-28)31-9-6-10-32(31)41-33(40)35-2/h3-5,7-8,11-14,17,20,25,27,29,31-32H,6,9-10,15-16,18-19,21-24H2,1-2H3,(H,35,40)/t31-,32-,34?/m0/s1. The summed E-state index contributed by atoms with van der Waals surface area (Å²) < 4.78 is 8.32. The van der Waals surface area contributed by atoms with Gasteiger partial charge in [-0.1, -0.05) is 48.0 Å². The Morgan fingerprint density at radius 2 is 1.78 bits per heavy atom. The molecule has 7 nitrogen and oxygen atoms in total. The van der Waals surface area contributed by atoms with E-state index in [1.54, 1.807) is 7.05 Å². The number of anilines is 1. The highest BCUT2D eigenvalue weighted by atomic mass is 16.6. The monoisotopic (exact) mass is 555 g/mol. The summed E-state index contributed by atoms with van der Waals surface area (Å²) in [5.41, 5.74) is 3.90. The van der Waals surface area contributed by atoms with Crippen molar-refractivity contribution in [2.24, 2.45) is 17.8 Å². The number of carbonyl (C=O) groups is 1. The maximum Gasteiger partial charge on any atom is 0.407 e. The van der Waals surface area contributed by atoms with E-state index >= 15 is 0 Å². The van der Waals surface area contributed by atoms with Crippen molar-refractivity contribution >= 4 is 11.8 Å². The number of amides is 1. The molecule has 2 saturated heterocycles. The van der Waals surface area contributed by atoms with Crippen molar-refractivity contribution in [3.63, 3.8) is 0 Å². The number of hydrogen-bond acceptors (Lipinski definition) is 5. The Morgan fingerprint density at radius 1 is 1.02 bits per heavy atom.